The summed E-state index contributed by atoms with van der Waals surface area (Å²) in [5, 5.41) is 9.44. The molecule has 0 saturated carbocycles. The third-order valence-corrected chi connectivity index (χ3v) is 13.0. The van der Waals surface area contributed by atoms with E-state index in [0.717, 1.165) is 68.0 Å². The van der Waals surface area contributed by atoms with Crippen LogP contribution in [-0.2, 0) is 16.3 Å². The minimum Gasteiger partial charge on any atom is -0.333 e. The summed E-state index contributed by atoms with van der Waals surface area (Å²) in [6, 6.07) is 48.8. The summed E-state index contributed by atoms with van der Waals surface area (Å²) < 4.78 is 28.9. The summed E-state index contributed by atoms with van der Waals surface area (Å²) in [5.74, 6) is 0. The summed E-state index contributed by atoms with van der Waals surface area (Å²) in [5.41, 5.74) is 6.85. The zero-order chi connectivity index (χ0) is 33.1. The average molecular weight is 652 g/mol. The first-order chi connectivity index (χ1) is 23.9. The van der Waals surface area contributed by atoms with E-state index in [1.807, 2.05) is 18.2 Å². The van der Waals surface area contributed by atoms with E-state index >= 15 is 0 Å². The number of sulfone groups is 1. The Bertz CT molecular complexity index is 2780. The van der Waals surface area contributed by atoms with Gasteiger partial charge in [0.2, 0.25) is 9.84 Å². The highest BCUT2D eigenvalue weighted by molar-refractivity contribution is 7.92. The van der Waals surface area contributed by atoms with Gasteiger partial charge in [-0.1, -0.05) is 122 Å². The minimum absolute atomic E-state index is 0.197. The van der Waals surface area contributed by atoms with Crippen LogP contribution in [0.15, 0.2) is 149 Å². The van der Waals surface area contributed by atoms with Gasteiger partial charge in [-0.05, 0) is 115 Å². The van der Waals surface area contributed by atoms with Crippen LogP contribution in [0.1, 0.15) is 25.8 Å². The van der Waals surface area contributed by atoms with Crippen molar-refractivity contribution in [3.05, 3.63) is 145 Å². The lowest BCUT2D eigenvalue weighted by atomic mass is 9.85. The Balaban J connectivity index is 1.23. The van der Waals surface area contributed by atoms with E-state index in [1.54, 1.807) is 6.07 Å². The van der Waals surface area contributed by atoms with Crippen LogP contribution in [0.25, 0.3) is 65.3 Å². The van der Waals surface area contributed by atoms with Crippen LogP contribution in [0.5, 0.6) is 0 Å². The van der Waals surface area contributed by atoms with Crippen molar-refractivity contribution in [1.82, 2.24) is 0 Å². The molecule has 3 nitrogen and oxygen atoms in total. The third-order valence-electron chi connectivity index (χ3n) is 11.2. The average Bonchev–Trinajstić information content (AvgIpc) is 3.45. The van der Waals surface area contributed by atoms with Gasteiger partial charge in [0.1, 0.15) is 0 Å². The van der Waals surface area contributed by atoms with Crippen LogP contribution in [0, 0.1) is 0 Å². The second-order valence-electron chi connectivity index (χ2n) is 13.9. The zero-order valence-electron chi connectivity index (χ0n) is 27.4. The number of benzene rings is 8. The lowest BCUT2D eigenvalue weighted by Crippen LogP contribution is -2.42. The second-order valence-corrected chi connectivity index (χ2v) is 15.8. The van der Waals surface area contributed by atoms with Crippen molar-refractivity contribution >= 4 is 64.3 Å². The predicted octanol–water partition coefficient (Wildman–Crippen LogP) is 11.6. The summed E-state index contributed by atoms with van der Waals surface area (Å²) >= 11 is 0. The van der Waals surface area contributed by atoms with Gasteiger partial charge >= 0.3 is 0 Å². The smallest absolute Gasteiger partial charge is 0.210 e. The summed E-state index contributed by atoms with van der Waals surface area (Å²) in [6.45, 7) is 4.45. The molecule has 0 radical (unpaired) electrons. The number of para-hydroxylation sites is 1. The molecule has 10 rings (SSSR count). The van der Waals surface area contributed by atoms with Crippen LogP contribution in [-0.4, -0.2) is 14.0 Å². The van der Waals surface area contributed by atoms with Crippen molar-refractivity contribution in [3.63, 3.8) is 0 Å². The molecule has 236 valence electrons. The highest BCUT2D eigenvalue weighted by Crippen LogP contribution is 2.56. The van der Waals surface area contributed by atoms with E-state index in [0.29, 0.717) is 9.79 Å². The van der Waals surface area contributed by atoms with Gasteiger partial charge in [-0.3, -0.25) is 0 Å². The number of anilines is 2. The van der Waals surface area contributed by atoms with E-state index in [4.69, 9.17) is 0 Å². The van der Waals surface area contributed by atoms with E-state index < -0.39 is 9.84 Å². The van der Waals surface area contributed by atoms with Crippen molar-refractivity contribution in [3.8, 4) is 22.3 Å². The first kappa shape index (κ1) is 28.6. The topological polar surface area (TPSA) is 37.4 Å². The van der Waals surface area contributed by atoms with Crippen LogP contribution >= 0.6 is 0 Å². The van der Waals surface area contributed by atoms with Crippen LogP contribution in [0.4, 0.5) is 11.4 Å². The molecule has 2 aliphatic rings. The molecule has 4 heteroatoms. The lowest BCUT2D eigenvalue weighted by molar-refractivity contribution is 0.461. The van der Waals surface area contributed by atoms with Gasteiger partial charge in [0.05, 0.1) is 21.2 Å². The maximum absolute atomic E-state index is 14.4. The molecule has 0 aliphatic carbocycles. The second kappa shape index (κ2) is 10.0. The molecule has 0 aromatic heterocycles. The lowest BCUT2D eigenvalue weighted by Gasteiger charge is -2.40. The van der Waals surface area contributed by atoms with E-state index in [9.17, 15) is 8.42 Å². The molecule has 0 N–H and O–H groups in total. The monoisotopic (exact) mass is 651 g/mol. The van der Waals surface area contributed by atoms with Crippen LogP contribution < -0.4 is 4.90 Å². The van der Waals surface area contributed by atoms with E-state index in [-0.39, 0.29) is 5.54 Å². The minimum atomic E-state index is -3.74. The number of fused-ring (bicyclic) bond motifs is 7. The SMILES string of the molecule is CCC1(C)Cc2cccc3c2N1c1ccc(-c2c4ccccc4c(-c4ccc5c(ccc6ccccc65)c4)c4ccccc24)cc1S3(=O)=O. The third kappa shape index (κ3) is 3.86. The highest BCUT2D eigenvalue weighted by Gasteiger charge is 2.47. The Hall–Kier alpha value is -5.45. The molecule has 8 aromatic rings. The molecule has 0 fully saturated rings. The standard InChI is InChI=1S/C45H33NO2S/c1-3-45(2)27-32-12-10-18-40-44(32)46(45)39-24-22-31(26-41(39)49(40,47)48)43-37-16-8-6-14-35(37)42(36-15-7-9-17-38(36)43)30-21-23-34-29(25-30)20-19-28-11-4-5-13-33(28)34/h4-26H,3,27H2,1-2H3. The Morgan fingerprint density at radius 3 is 1.82 bits per heavy atom. The number of hydrogen-bond donors (Lipinski definition) is 0. The zero-order valence-corrected chi connectivity index (χ0v) is 28.2. The summed E-state index contributed by atoms with van der Waals surface area (Å²) in [7, 11) is -3.74. The quantitative estimate of drug-likeness (QED) is 0.141. The van der Waals surface area contributed by atoms with E-state index in [2.05, 4.69) is 134 Å². The van der Waals surface area contributed by atoms with Crippen LogP contribution in [0.2, 0.25) is 0 Å². The molecule has 49 heavy (non-hydrogen) atoms. The molecule has 1 unspecified atom stereocenters. The molecule has 0 amide bonds. The van der Waals surface area contributed by atoms with Gasteiger partial charge in [-0.25, -0.2) is 8.42 Å². The Morgan fingerprint density at radius 2 is 1.14 bits per heavy atom. The van der Waals surface area contributed by atoms with Crippen molar-refractivity contribution in [1.29, 1.82) is 0 Å². The molecule has 0 saturated heterocycles. The van der Waals surface area contributed by atoms with Gasteiger partial charge in [0.25, 0.3) is 0 Å². The fourth-order valence-electron chi connectivity index (χ4n) is 8.74. The Labute approximate surface area is 286 Å². The van der Waals surface area contributed by atoms with Gasteiger partial charge < -0.3 is 4.90 Å². The van der Waals surface area contributed by atoms with Gasteiger partial charge in [0.15, 0.2) is 0 Å². The number of rotatable bonds is 3. The van der Waals surface area contributed by atoms with Crippen molar-refractivity contribution < 1.29 is 8.42 Å². The number of hydrogen-bond acceptors (Lipinski definition) is 3. The molecule has 0 bridgehead atoms. The maximum Gasteiger partial charge on any atom is 0.210 e. The molecule has 2 heterocycles. The number of nitrogens with zero attached hydrogens (tertiary/aromatic N) is 1. The molecule has 2 aliphatic heterocycles. The van der Waals surface area contributed by atoms with E-state index in [1.165, 1.54) is 27.1 Å². The highest BCUT2D eigenvalue weighted by atomic mass is 32.2. The van der Waals surface area contributed by atoms with Crippen molar-refractivity contribution in [2.45, 2.75) is 42.0 Å². The van der Waals surface area contributed by atoms with Gasteiger partial charge in [-0.15, -0.1) is 0 Å². The molecule has 0 spiro atoms. The molecular weight excluding hydrogens is 619 g/mol. The first-order valence-corrected chi connectivity index (χ1v) is 18.5. The van der Waals surface area contributed by atoms with Crippen molar-refractivity contribution in [2.75, 3.05) is 4.90 Å². The fourth-order valence-corrected chi connectivity index (χ4v) is 10.4. The predicted molar refractivity (Wildman–Crippen MR) is 204 cm³/mol. The van der Waals surface area contributed by atoms with Crippen LogP contribution in [0.3, 0.4) is 0 Å². The van der Waals surface area contributed by atoms with Gasteiger partial charge in [-0.2, -0.15) is 0 Å². The maximum atomic E-state index is 14.4. The Morgan fingerprint density at radius 1 is 0.571 bits per heavy atom. The summed E-state index contributed by atoms with van der Waals surface area (Å²) in [6.07, 6.45) is 1.73. The normalized spacial score (nSPS) is 17.6. The fraction of sp³-hybridized carbons (Fsp3) is 0.111. The molecule has 8 aromatic carbocycles. The Kier molecular flexibility index (Phi) is 5.85. The molecular formula is C45H33NO2S. The molecule has 1 atom stereocenters. The first-order valence-electron chi connectivity index (χ1n) is 17.0. The largest absolute Gasteiger partial charge is 0.333 e. The van der Waals surface area contributed by atoms with Gasteiger partial charge in [0, 0.05) is 5.54 Å². The van der Waals surface area contributed by atoms with Crippen molar-refractivity contribution in [2.24, 2.45) is 0 Å². The summed E-state index contributed by atoms with van der Waals surface area (Å²) in [4.78, 5) is 3.11.